The number of amides is 1. The largest absolute Gasteiger partial charge is 0.357 e. The van der Waals surface area contributed by atoms with Crippen LogP contribution in [-0.4, -0.2) is 65.5 Å². The summed E-state index contributed by atoms with van der Waals surface area (Å²) in [7, 11) is 2.15. The first-order valence-corrected chi connectivity index (χ1v) is 10.5. The van der Waals surface area contributed by atoms with E-state index in [1.54, 1.807) is 0 Å². The van der Waals surface area contributed by atoms with E-state index < -0.39 is 0 Å². The summed E-state index contributed by atoms with van der Waals surface area (Å²) in [6, 6.07) is 10.1. The van der Waals surface area contributed by atoms with Crippen molar-refractivity contribution in [3.05, 3.63) is 54.0 Å². The fraction of sp³-hybridized carbons (Fsp3) is 0.348. The van der Waals surface area contributed by atoms with Crippen molar-refractivity contribution in [2.75, 3.05) is 44.7 Å². The molecule has 5 heterocycles. The Hall–Kier alpha value is -3.19. The molecule has 1 unspecified atom stereocenters. The lowest BCUT2D eigenvalue weighted by Gasteiger charge is -2.33. The molecule has 0 bridgehead atoms. The van der Waals surface area contributed by atoms with Gasteiger partial charge in [-0.15, -0.1) is 0 Å². The monoisotopic (exact) mass is 402 g/mol. The van der Waals surface area contributed by atoms with Crippen LogP contribution in [0.3, 0.4) is 0 Å². The van der Waals surface area contributed by atoms with Crippen molar-refractivity contribution in [3.8, 4) is 22.5 Å². The number of piperazine rings is 1. The van der Waals surface area contributed by atoms with Crippen LogP contribution in [0.25, 0.3) is 22.5 Å². The van der Waals surface area contributed by atoms with E-state index in [2.05, 4.69) is 56.2 Å². The van der Waals surface area contributed by atoms with Crippen molar-refractivity contribution < 1.29 is 4.79 Å². The van der Waals surface area contributed by atoms with Crippen molar-refractivity contribution in [2.45, 2.75) is 12.8 Å². The molecule has 2 N–H and O–H groups in total. The summed E-state index contributed by atoms with van der Waals surface area (Å²) >= 11 is 0. The molecule has 30 heavy (non-hydrogen) atoms. The second-order valence-electron chi connectivity index (χ2n) is 8.25. The number of hydrogen-bond acceptors (Lipinski definition) is 5. The smallest absolute Gasteiger partial charge is 0.253 e. The zero-order valence-electron chi connectivity index (χ0n) is 17.4. The molecule has 154 valence electrons. The number of hydrogen-bond donors (Lipinski definition) is 2. The molecule has 0 aromatic carbocycles. The maximum absolute atomic E-state index is 12.2. The van der Waals surface area contributed by atoms with Crippen LogP contribution in [0, 0.1) is 0 Å². The van der Waals surface area contributed by atoms with E-state index in [0.29, 0.717) is 6.54 Å². The molecule has 2 aliphatic heterocycles. The summed E-state index contributed by atoms with van der Waals surface area (Å²) in [4.78, 5) is 29.5. The molecule has 0 spiro atoms. The van der Waals surface area contributed by atoms with Crippen molar-refractivity contribution in [1.29, 1.82) is 0 Å². The quantitative estimate of drug-likeness (QED) is 0.704. The first kappa shape index (κ1) is 18.8. The molecule has 2 aliphatic rings. The van der Waals surface area contributed by atoms with Gasteiger partial charge in [0.05, 0.1) is 11.3 Å². The third-order valence-corrected chi connectivity index (χ3v) is 6.10. The van der Waals surface area contributed by atoms with E-state index in [0.717, 1.165) is 65.8 Å². The van der Waals surface area contributed by atoms with Crippen molar-refractivity contribution >= 4 is 11.7 Å². The molecule has 1 fully saturated rings. The van der Waals surface area contributed by atoms with Crippen molar-refractivity contribution in [2.24, 2.45) is 0 Å². The Labute approximate surface area is 176 Å². The Morgan fingerprint density at radius 1 is 1.03 bits per heavy atom. The number of carbonyl (C=O) groups is 1. The van der Waals surface area contributed by atoms with Gasteiger partial charge in [-0.2, -0.15) is 0 Å². The number of nitrogens with zero attached hydrogens (tertiary/aromatic N) is 4. The van der Waals surface area contributed by atoms with Crippen LogP contribution in [0.5, 0.6) is 0 Å². The van der Waals surface area contributed by atoms with Crippen LogP contribution in [0.4, 0.5) is 5.82 Å². The minimum Gasteiger partial charge on any atom is -0.357 e. The summed E-state index contributed by atoms with van der Waals surface area (Å²) in [6.07, 6.45) is 3.71. The molecule has 7 heteroatoms. The zero-order chi connectivity index (χ0) is 20.7. The maximum Gasteiger partial charge on any atom is 0.253 e. The molecule has 3 aromatic heterocycles. The summed E-state index contributed by atoms with van der Waals surface area (Å²) in [5.41, 5.74) is 5.55. The van der Waals surface area contributed by atoms with Crippen LogP contribution in [-0.2, 0) is 0 Å². The van der Waals surface area contributed by atoms with Gasteiger partial charge < -0.3 is 20.1 Å². The number of H-pyrrole nitrogens is 1. The van der Waals surface area contributed by atoms with Crippen LogP contribution >= 0.6 is 0 Å². The van der Waals surface area contributed by atoms with Gasteiger partial charge >= 0.3 is 0 Å². The number of likely N-dealkylation sites (N-methyl/N-ethyl adjacent to an activating group) is 1. The van der Waals surface area contributed by atoms with Gasteiger partial charge in [0.2, 0.25) is 0 Å². The number of rotatable bonds is 3. The summed E-state index contributed by atoms with van der Waals surface area (Å²) in [5.74, 6) is 1.28. The van der Waals surface area contributed by atoms with E-state index in [9.17, 15) is 4.79 Å². The first-order chi connectivity index (χ1) is 14.6. The van der Waals surface area contributed by atoms with E-state index in [1.165, 1.54) is 0 Å². The third-order valence-electron chi connectivity index (χ3n) is 6.10. The average molecular weight is 403 g/mol. The number of nitrogens with one attached hydrogen (secondary N) is 2. The van der Waals surface area contributed by atoms with Crippen molar-refractivity contribution in [3.63, 3.8) is 0 Å². The lowest BCUT2D eigenvalue weighted by molar-refractivity contribution is 0.0941. The van der Waals surface area contributed by atoms with Crippen molar-refractivity contribution in [1.82, 2.24) is 25.2 Å². The van der Waals surface area contributed by atoms with E-state index in [-0.39, 0.29) is 11.8 Å². The van der Waals surface area contributed by atoms with Gasteiger partial charge in [0.1, 0.15) is 5.82 Å². The normalized spacial score (nSPS) is 19.5. The van der Waals surface area contributed by atoms with Gasteiger partial charge in [-0.05, 0) is 37.4 Å². The molecule has 3 aromatic rings. The maximum atomic E-state index is 12.2. The van der Waals surface area contributed by atoms with Gasteiger partial charge in [0.15, 0.2) is 0 Å². The molecular weight excluding hydrogens is 376 g/mol. The SMILES string of the molecule is CC1CNC(=O)c2cc(-c3ccnc(-c4ccc(N5CCN(C)CC5)nc4)c3)[nH]c21. The standard InChI is InChI=1S/C23H26N6O/c1-15-13-26-23(30)18-12-20(27-22(15)18)16-5-6-24-19(11-16)17-3-4-21(25-14-17)29-9-7-28(2)8-10-29/h3-6,11-12,14-15,27H,7-10,13H2,1-2H3,(H,26,30). The zero-order valence-corrected chi connectivity index (χ0v) is 17.4. The number of aromatic amines is 1. The average Bonchev–Trinajstić information content (AvgIpc) is 3.24. The molecule has 1 saturated heterocycles. The third kappa shape index (κ3) is 3.45. The molecule has 0 aliphatic carbocycles. The highest BCUT2D eigenvalue weighted by atomic mass is 16.1. The predicted molar refractivity (Wildman–Crippen MR) is 118 cm³/mol. The fourth-order valence-corrected chi connectivity index (χ4v) is 4.16. The number of fused-ring (bicyclic) bond motifs is 1. The second-order valence-corrected chi connectivity index (χ2v) is 8.25. The van der Waals surface area contributed by atoms with Gasteiger partial charge in [0, 0.05) is 73.6 Å². The number of carbonyl (C=O) groups excluding carboxylic acids is 1. The Morgan fingerprint density at radius 3 is 2.60 bits per heavy atom. The molecule has 0 saturated carbocycles. The molecule has 0 radical (unpaired) electrons. The predicted octanol–water partition coefficient (Wildman–Crippen LogP) is 2.74. The first-order valence-electron chi connectivity index (χ1n) is 10.5. The summed E-state index contributed by atoms with van der Waals surface area (Å²) in [6.45, 7) is 6.90. The summed E-state index contributed by atoms with van der Waals surface area (Å²) in [5, 5.41) is 2.94. The number of anilines is 1. The van der Waals surface area contributed by atoms with Gasteiger partial charge in [0.25, 0.3) is 5.91 Å². The fourth-order valence-electron chi connectivity index (χ4n) is 4.16. The number of aromatic nitrogens is 3. The molecule has 5 rings (SSSR count). The van der Waals surface area contributed by atoms with Crippen LogP contribution < -0.4 is 10.2 Å². The van der Waals surface area contributed by atoms with Crippen LogP contribution in [0.2, 0.25) is 0 Å². The Balaban J connectivity index is 1.40. The number of pyridine rings is 2. The Bertz CT molecular complexity index is 1070. The van der Waals surface area contributed by atoms with Crippen LogP contribution in [0.15, 0.2) is 42.7 Å². The second kappa shape index (κ2) is 7.57. The molecule has 1 atom stereocenters. The Morgan fingerprint density at radius 2 is 1.87 bits per heavy atom. The van der Waals surface area contributed by atoms with Gasteiger partial charge in [-0.25, -0.2) is 4.98 Å². The van der Waals surface area contributed by atoms with Crippen LogP contribution in [0.1, 0.15) is 28.9 Å². The lowest BCUT2D eigenvalue weighted by Crippen LogP contribution is -2.44. The highest BCUT2D eigenvalue weighted by Crippen LogP contribution is 2.30. The summed E-state index contributed by atoms with van der Waals surface area (Å²) < 4.78 is 0. The van der Waals surface area contributed by atoms with E-state index in [1.807, 2.05) is 30.6 Å². The topological polar surface area (TPSA) is 77.2 Å². The highest BCUT2D eigenvalue weighted by Gasteiger charge is 2.25. The molecule has 1 amide bonds. The molecule has 7 nitrogen and oxygen atoms in total. The van der Waals surface area contributed by atoms with E-state index in [4.69, 9.17) is 0 Å². The van der Waals surface area contributed by atoms with Gasteiger partial charge in [-0.1, -0.05) is 6.92 Å². The van der Waals surface area contributed by atoms with E-state index >= 15 is 0 Å². The van der Waals surface area contributed by atoms with Gasteiger partial charge in [-0.3, -0.25) is 9.78 Å². The Kier molecular flexibility index (Phi) is 4.75. The minimum atomic E-state index is -0.0106. The highest BCUT2D eigenvalue weighted by molar-refractivity contribution is 5.98. The molecular formula is C23H26N6O. The minimum absolute atomic E-state index is 0.0106. The lowest BCUT2D eigenvalue weighted by atomic mass is 9.99.